The maximum atomic E-state index is 10.9. The molecule has 4 heteroatoms. The summed E-state index contributed by atoms with van der Waals surface area (Å²) in [5.41, 5.74) is 0.734. The zero-order valence-corrected chi connectivity index (χ0v) is 12.0. The van der Waals surface area contributed by atoms with E-state index in [4.69, 9.17) is 21.1 Å². The van der Waals surface area contributed by atoms with Crippen LogP contribution < -0.4 is 4.74 Å². The number of hydrogen-bond acceptors (Lipinski definition) is 3. The number of ether oxygens (including phenoxy) is 2. The quantitative estimate of drug-likeness (QED) is 0.767. The molecule has 0 saturated heterocycles. The standard InChI is InChI=1S/C14H19ClO3/c1-5-17-13-7-6-11(8-12(13)15)14(3,4)9-18-10(2)16/h6-8H,5,9H2,1-4H3. The third-order valence-corrected chi connectivity index (χ3v) is 2.94. The molecule has 18 heavy (non-hydrogen) atoms. The van der Waals surface area contributed by atoms with E-state index in [1.165, 1.54) is 6.92 Å². The highest BCUT2D eigenvalue weighted by Gasteiger charge is 2.23. The maximum absolute atomic E-state index is 10.9. The van der Waals surface area contributed by atoms with E-state index in [9.17, 15) is 4.79 Å². The molecule has 100 valence electrons. The minimum absolute atomic E-state index is 0.278. The lowest BCUT2D eigenvalue weighted by molar-refractivity contribution is -0.142. The van der Waals surface area contributed by atoms with Crippen LogP contribution in [0.25, 0.3) is 0 Å². The van der Waals surface area contributed by atoms with Gasteiger partial charge < -0.3 is 9.47 Å². The van der Waals surface area contributed by atoms with E-state index in [1.54, 1.807) is 0 Å². The molecule has 0 aliphatic heterocycles. The lowest BCUT2D eigenvalue weighted by Crippen LogP contribution is -2.25. The number of carbonyl (C=O) groups excluding carboxylic acids is 1. The molecule has 0 saturated carbocycles. The number of hydrogen-bond donors (Lipinski definition) is 0. The summed E-state index contributed by atoms with van der Waals surface area (Å²) in [4.78, 5) is 10.9. The lowest BCUT2D eigenvalue weighted by atomic mass is 9.85. The van der Waals surface area contributed by atoms with Gasteiger partial charge in [0.2, 0.25) is 0 Å². The van der Waals surface area contributed by atoms with Gasteiger partial charge in [0.15, 0.2) is 0 Å². The number of benzene rings is 1. The number of rotatable bonds is 5. The average molecular weight is 271 g/mol. The molecule has 0 unspecified atom stereocenters. The largest absolute Gasteiger partial charge is 0.492 e. The summed E-state index contributed by atoms with van der Waals surface area (Å²) < 4.78 is 10.5. The minimum Gasteiger partial charge on any atom is -0.492 e. The van der Waals surface area contributed by atoms with E-state index in [-0.39, 0.29) is 11.4 Å². The lowest BCUT2D eigenvalue weighted by Gasteiger charge is -2.25. The molecule has 0 aliphatic carbocycles. The van der Waals surface area contributed by atoms with Crippen LogP contribution in [0.5, 0.6) is 5.75 Å². The van der Waals surface area contributed by atoms with Crippen molar-refractivity contribution in [2.24, 2.45) is 0 Å². The van der Waals surface area contributed by atoms with Crippen LogP contribution in [0.4, 0.5) is 0 Å². The van der Waals surface area contributed by atoms with Crippen molar-refractivity contribution in [3.63, 3.8) is 0 Å². The summed E-state index contributed by atoms with van der Waals surface area (Å²) in [5.74, 6) is 0.395. The SMILES string of the molecule is CCOc1ccc(C(C)(C)COC(C)=O)cc1Cl. The van der Waals surface area contributed by atoms with E-state index in [1.807, 2.05) is 39.0 Å². The van der Waals surface area contributed by atoms with Crippen molar-refractivity contribution < 1.29 is 14.3 Å². The fourth-order valence-electron chi connectivity index (χ4n) is 1.56. The third kappa shape index (κ3) is 3.91. The first-order valence-electron chi connectivity index (χ1n) is 5.93. The monoisotopic (exact) mass is 270 g/mol. The second kappa shape index (κ2) is 6.10. The van der Waals surface area contributed by atoms with Crippen molar-refractivity contribution in [2.75, 3.05) is 13.2 Å². The fourth-order valence-corrected chi connectivity index (χ4v) is 1.79. The Balaban J connectivity index is 2.88. The molecule has 1 aromatic rings. The average Bonchev–Trinajstić information content (AvgIpc) is 2.29. The first-order valence-corrected chi connectivity index (χ1v) is 6.31. The van der Waals surface area contributed by atoms with Crippen LogP contribution in [0.3, 0.4) is 0 Å². The Morgan fingerprint density at radius 1 is 1.39 bits per heavy atom. The van der Waals surface area contributed by atoms with Crippen LogP contribution in [-0.2, 0) is 14.9 Å². The molecule has 0 heterocycles. The molecule has 0 spiro atoms. The van der Waals surface area contributed by atoms with Crippen LogP contribution in [0.2, 0.25) is 5.02 Å². The van der Waals surface area contributed by atoms with Crippen molar-refractivity contribution in [3.8, 4) is 5.75 Å². The highest BCUT2D eigenvalue weighted by Crippen LogP contribution is 2.31. The van der Waals surface area contributed by atoms with Gasteiger partial charge in [0.05, 0.1) is 11.6 Å². The van der Waals surface area contributed by atoms with Crippen molar-refractivity contribution in [3.05, 3.63) is 28.8 Å². The maximum Gasteiger partial charge on any atom is 0.302 e. The molecule has 0 radical (unpaired) electrons. The molecule has 0 N–H and O–H groups in total. The molecular weight excluding hydrogens is 252 g/mol. The van der Waals surface area contributed by atoms with E-state index in [0.29, 0.717) is 24.0 Å². The first kappa shape index (κ1) is 14.8. The van der Waals surface area contributed by atoms with E-state index < -0.39 is 0 Å². The molecule has 0 atom stereocenters. The molecule has 0 aliphatic rings. The first-order chi connectivity index (χ1) is 8.36. The summed E-state index contributed by atoms with van der Waals surface area (Å²) in [7, 11) is 0. The summed E-state index contributed by atoms with van der Waals surface area (Å²) in [5, 5.41) is 0.574. The van der Waals surface area contributed by atoms with Gasteiger partial charge in [-0.3, -0.25) is 4.79 Å². The van der Waals surface area contributed by atoms with E-state index in [0.717, 1.165) is 5.56 Å². The molecule has 1 aromatic carbocycles. The summed E-state index contributed by atoms with van der Waals surface area (Å²) in [6.45, 7) is 8.22. The summed E-state index contributed by atoms with van der Waals surface area (Å²) in [6.07, 6.45) is 0. The Labute approximate surface area is 113 Å². The summed E-state index contributed by atoms with van der Waals surface area (Å²) in [6, 6.07) is 5.65. The van der Waals surface area contributed by atoms with Gasteiger partial charge in [-0.15, -0.1) is 0 Å². The Morgan fingerprint density at radius 2 is 2.06 bits per heavy atom. The zero-order chi connectivity index (χ0) is 13.8. The van der Waals surface area contributed by atoms with Gasteiger partial charge in [0, 0.05) is 12.3 Å². The van der Waals surface area contributed by atoms with Crippen molar-refractivity contribution in [2.45, 2.75) is 33.1 Å². The predicted molar refractivity (Wildman–Crippen MR) is 72.3 cm³/mol. The van der Waals surface area contributed by atoms with Crippen molar-refractivity contribution >= 4 is 17.6 Å². The number of carbonyl (C=O) groups is 1. The Kier molecular flexibility index (Phi) is 5.03. The van der Waals surface area contributed by atoms with Gasteiger partial charge in [0.1, 0.15) is 12.4 Å². The van der Waals surface area contributed by atoms with Gasteiger partial charge in [0.25, 0.3) is 0 Å². The molecule has 1 rings (SSSR count). The third-order valence-electron chi connectivity index (χ3n) is 2.65. The van der Waals surface area contributed by atoms with Gasteiger partial charge in [-0.2, -0.15) is 0 Å². The van der Waals surface area contributed by atoms with Crippen molar-refractivity contribution in [1.82, 2.24) is 0 Å². The van der Waals surface area contributed by atoms with Gasteiger partial charge in [-0.25, -0.2) is 0 Å². The van der Waals surface area contributed by atoms with Crippen LogP contribution in [0.1, 0.15) is 33.3 Å². The highest BCUT2D eigenvalue weighted by molar-refractivity contribution is 6.32. The molecule has 0 bridgehead atoms. The molecule has 0 amide bonds. The van der Waals surface area contributed by atoms with Crippen LogP contribution in [0, 0.1) is 0 Å². The van der Waals surface area contributed by atoms with Crippen LogP contribution in [0.15, 0.2) is 18.2 Å². The zero-order valence-electron chi connectivity index (χ0n) is 11.2. The van der Waals surface area contributed by atoms with Crippen LogP contribution >= 0.6 is 11.6 Å². The van der Waals surface area contributed by atoms with Crippen LogP contribution in [-0.4, -0.2) is 19.2 Å². The second-order valence-corrected chi connectivity index (χ2v) is 5.15. The van der Waals surface area contributed by atoms with Gasteiger partial charge >= 0.3 is 5.97 Å². The molecular formula is C14H19ClO3. The topological polar surface area (TPSA) is 35.5 Å². The number of halogens is 1. The van der Waals surface area contributed by atoms with E-state index >= 15 is 0 Å². The molecule has 3 nitrogen and oxygen atoms in total. The van der Waals surface area contributed by atoms with E-state index in [2.05, 4.69) is 0 Å². The van der Waals surface area contributed by atoms with Gasteiger partial charge in [-0.05, 0) is 24.6 Å². The predicted octanol–water partition coefficient (Wildman–Crippen LogP) is 3.58. The second-order valence-electron chi connectivity index (χ2n) is 4.74. The van der Waals surface area contributed by atoms with Crippen molar-refractivity contribution in [1.29, 1.82) is 0 Å². The molecule has 0 aromatic heterocycles. The Morgan fingerprint density at radius 3 is 2.56 bits per heavy atom. The smallest absolute Gasteiger partial charge is 0.302 e. The minimum atomic E-state index is -0.278. The Bertz CT molecular complexity index is 427. The summed E-state index contributed by atoms with van der Waals surface area (Å²) >= 11 is 6.14. The van der Waals surface area contributed by atoms with Gasteiger partial charge in [-0.1, -0.05) is 31.5 Å². The fraction of sp³-hybridized carbons (Fsp3) is 0.500. The molecule has 0 fully saturated rings. The number of esters is 1. The highest BCUT2D eigenvalue weighted by atomic mass is 35.5. The Hall–Kier alpha value is -1.22. The normalized spacial score (nSPS) is 11.2.